The molecule has 0 aromatic heterocycles. The Balaban J connectivity index is 5.17. The molecule has 0 aliphatic rings. The van der Waals surface area contributed by atoms with Crippen LogP contribution >= 0.6 is 15.6 Å². The fraction of sp³-hybridized carbons (Fsp3) is 0.956. The summed E-state index contributed by atoms with van der Waals surface area (Å²) in [6.07, 6.45) is 76.6. The minimum absolute atomic E-state index is 0.108. The van der Waals surface area contributed by atoms with E-state index in [0.29, 0.717) is 25.7 Å². The Hall–Kier alpha value is -1.94. The smallest absolute Gasteiger partial charge is 0.462 e. The maximum atomic E-state index is 13.2. The number of aliphatic hydroxyl groups excluding tert-OH is 1. The molecule has 654 valence electrons. The van der Waals surface area contributed by atoms with Crippen molar-refractivity contribution < 1.29 is 80.2 Å². The molecule has 0 aliphatic heterocycles. The number of aliphatic hydroxyl groups is 1. The van der Waals surface area contributed by atoms with Crippen LogP contribution < -0.4 is 0 Å². The van der Waals surface area contributed by atoms with Crippen LogP contribution in [0.4, 0.5) is 0 Å². The molecule has 0 bridgehead atoms. The van der Waals surface area contributed by atoms with Crippen LogP contribution in [0.5, 0.6) is 0 Å². The van der Waals surface area contributed by atoms with E-state index in [2.05, 4.69) is 41.5 Å². The predicted octanol–water partition coefficient (Wildman–Crippen LogP) is 28.2. The van der Waals surface area contributed by atoms with Gasteiger partial charge in [0, 0.05) is 25.7 Å². The molecule has 0 amide bonds. The number of phosphoric ester groups is 2. The summed E-state index contributed by atoms with van der Waals surface area (Å²) >= 11 is 0. The van der Waals surface area contributed by atoms with Crippen molar-refractivity contribution in [3.05, 3.63) is 0 Å². The molecule has 0 fully saturated rings. The topological polar surface area (TPSA) is 237 Å². The zero-order chi connectivity index (χ0) is 80.6. The summed E-state index contributed by atoms with van der Waals surface area (Å²) in [5, 5.41) is 10.7. The molecule has 0 radical (unpaired) electrons. The summed E-state index contributed by atoms with van der Waals surface area (Å²) in [6.45, 7) is 9.79. The predicted molar refractivity (Wildman–Crippen MR) is 455 cm³/mol. The number of esters is 4. The van der Waals surface area contributed by atoms with Gasteiger partial charge in [0.1, 0.15) is 19.3 Å². The maximum Gasteiger partial charge on any atom is 0.472 e. The number of ether oxygens (including phenoxy) is 4. The number of hydrogen-bond acceptors (Lipinski definition) is 15. The highest BCUT2D eigenvalue weighted by molar-refractivity contribution is 7.47. The maximum absolute atomic E-state index is 13.2. The van der Waals surface area contributed by atoms with Crippen LogP contribution in [-0.4, -0.2) is 96.7 Å². The largest absolute Gasteiger partial charge is 0.472 e. The molecule has 19 heteroatoms. The van der Waals surface area contributed by atoms with Crippen molar-refractivity contribution in [2.75, 3.05) is 39.6 Å². The van der Waals surface area contributed by atoms with Gasteiger partial charge in [-0.05, 0) is 37.5 Å². The molecular weight excluding hydrogens is 1430 g/mol. The van der Waals surface area contributed by atoms with E-state index in [0.717, 1.165) is 108 Å². The number of carbonyl (C=O) groups excluding carboxylic acids is 4. The first-order valence-electron chi connectivity index (χ1n) is 47.1. The lowest BCUT2D eigenvalue weighted by Crippen LogP contribution is -2.30. The minimum Gasteiger partial charge on any atom is -0.462 e. The first kappa shape index (κ1) is 108. The first-order valence-corrected chi connectivity index (χ1v) is 50.1. The lowest BCUT2D eigenvalue weighted by molar-refractivity contribution is -0.161. The van der Waals surface area contributed by atoms with Crippen LogP contribution in [0.1, 0.15) is 491 Å². The second-order valence-corrected chi connectivity index (χ2v) is 36.1. The van der Waals surface area contributed by atoms with Gasteiger partial charge in [-0.1, -0.05) is 440 Å². The van der Waals surface area contributed by atoms with E-state index in [1.165, 1.54) is 302 Å². The Kier molecular flexibility index (Phi) is 80.7. The van der Waals surface area contributed by atoms with E-state index >= 15 is 0 Å². The van der Waals surface area contributed by atoms with Crippen molar-refractivity contribution in [2.45, 2.75) is 509 Å². The number of unbranched alkanes of at least 4 members (excludes halogenated alkanes) is 58. The lowest BCUT2D eigenvalue weighted by Gasteiger charge is -2.21. The van der Waals surface area contributed by atoms with Crippen molar-refractivity contribution in [1.29, 1.82) is 0 Å². The third kappa shape index (κ3) is 81.2. The standard InChI is InChI=1S/C91H178O17P2/c1-7-11-13-15-17-19-20-21-22-23-24-25-26-27-31-34-40-45-50-56-62-68-74-89(94)102-80-87(108-91(96)75-69-63-57-51-46-41-35-32-29-28-30-33-38-43-48-53-59-65-71-83(5)9-3)82-106-110(99,100)104-78-85(92)77-103-109(97,98)105-81-86(79-101-88(93)73-67-61-55-18-16-14-12-8-2)107-90(95)76-70-64-58-52-47-42-37-36-39-44-49-54-60-66-72-84(6)10-4/h83-87,92H,7-82H2,1-6H3,(H,97,98)(H,99,100)/t83?,84?,85-,86+,87+/m0/s1. The molecule has 0 saturated heterocycles. The van der Waals surface area contributed by atoms with Crippen LogP contribution in [-0.2, 0) is 65.4 Å². The highest BCUT2D eigenvalue weighted by Gasteiger charge is 2.31. The molecule has 0 rings (SSSR count). The van der Waals surface area contributed by atoms with Gasteiger partial charge in [0.05, 0.1) is 26.4 Å². The molecule has 3 N–H and O–H groups in total. The van der Waals surface area contributed by atoms with Gasteiger partial charge in [-0.25, -0.2) is 9.13 Å². The van der Waals surface area contributed by atoms with Crippen molar-refractivity contribution in [3.8, 4) is 0 Å². The van der Waals surface area contributed by atoms with Crippen molar-refractivity contribution in [3.63, 3.8) is 0 Å². The van der Waals surface area contributed by atoms with Crippen molar-refractivity contribution in [2.24, 2.45) is 11.8 Å². The zero-order valence-corrected chi connectivity index (χ0v) is 74.4. The van der Waals surface area contributed by atoms with E-state index < -0.39 is 97.5 Å². The Morgan fingerprint density at radius 2 is 0.436 bits per heavy atom. The van der Waals surface area contributed by atoms with Gasteiger partial charge in [-0.2, -0.15) is 0 Å². The van der Waals surface area contributed by atoms with Gasteiger partial charge in [0.15, 0.2) is 12.2 Å². The fourth-order valence-electron chi connectivity index (χ4n) is 14.2. The average Bonchev–Trinajstić information content (AvgIpc) is 0.899. The monoisotopic (exact) mass is 1610 g/mol. The lowest BCUT2D eigenvalue weighted by atomic mass is 9.99. The van der Waals surface area contributed by atoms with Gasteiger partial charge in [0.2, 0.25) is 0 Å². The van der Waals surface area contributed by atoms with Crippen LogP contribution in [0.25, 0.3) is 0 Å². The van der Waals surface area contributed by atoms with Gasteiger partial charge in [0.25, 0.3) is 0 Å². The second-order valence-electron chi connectivity index (χ2n) is 33.2. The van der Waals surface area contributed by atoms with E-state index in [9.17, 15) is 43.2 Å². The number of phosphoric acid groups is 2. The molecule has 0 heterocycles. The highest BCUT2D eigenvalue weighted by atomic mass is 31.2. The third-order valence-electron chi connectivity index (χ3n) is 22.2. The zero-order valence-electron chi connectivity index (χ0n) is 72.6. The van der Waals surface area contributed by atoms with Crippen molar-refractivity contribution in [1.82, 2.24) is 0 Å². The van der Waals surface area contributed by atoms with Crippen LogP contribution in [0.15, 0.2) is 0 Å². The molecule has 0 aromatic rings. The van der Waals surface area contributed by atoms with Gasteiger partial charge in [-0.15, -0.1) is 0 Å². The van der Waals surface area contributed by atoms with Crippen LogP contribution in [0.3, 0.4) is 0 Å². The number of hydrogen-bond donors (Lipinski definition) is 3. The number of rotatable bonds is 90. The highest BCUT2D eigenvalue weighted by Crippen LogP contribution is 2.45. The van der Waals surface area contributed by atoms with E-state index in [1.807, 2.05) is 0 Å². The van der Waals surface area contributed by atoms with E-state index in [1.54, 1.807) is 0 Å². The van der Waals surface area contributed by atoms with Gasteiger partial charge < -0.3 is 33.8 Å². The first-order chi connectivity index (χ1) is 53.4. The molecule has 17 nitrogen and oxygen atoms in total. The van der Waals surface area contributed by atoms with Crippen molar-refractivity contribution >= 4 is 39.5 Å². The van der Waals surface area contributed by atoms with Crippen LogP contribution in [0, 0.1) is 11.8 Å². The number of carbonyl (C=O) groups is 4. The SMILES string of the molecule is CCCCCCCCCCCCCCCCCCCCCCCCC(=O)OC[C@H](COP(=O)(O)OC[C@@H](O)COP(=O)(O)OC[C@@H](COC(=O)CCCCCCCCCC)OC(=O)CCCCCCCCCCCCCCCCC(C)CC)OC(=O)CCCCCCCCCCCCCCCCCCCCC(C)CC. The summed E-state index contributed by atoms with van der Waals surface area (Å²) in [7, 11) is -9.93. The second kappa shape index (κ2) is 82.2. The normalized spacial score (nSPS) is 14.2. The molecular formula is C91H178O17P2. The Morgan fingerprint density at radius 1 is 0.255 bits per heavy atom. The van der Waals surface area contributed by atoms with Crippen LogP contribution in [0.2, 0.25) is 0 Å². The quantitative estimate of drug-likeness (QED) is 0.0222. The fourth-order valence-corrected chi connectivity index (χ4v) is 15.8. The molecule has 0 aliphatic carbocycles. The summed E-state index contributed by atoms with van der Waals surface area (Å²) < 4.78 is 69.0. The Bertz CT molecular complexity index is 2100. The van der Waals surface area contributed by atoms with E-state index in [4.69, 9.17) is 37.0 Å². The minimum atomic E-state index is -4.97. The summed E-state index contributed by atoms with van der Waals surface area (Å²) in [4.78, 5) is 73.3. The summed E-state index contributed by atoms with van der Waals surface area (Å²) in [5.74, 6) is -0.383. The Morgan fingerprint density at radius 3 is 0.645 bits per heavy atom. The Labute approximate surface area is 677 Å². The van der Waals surface area contributed by atoms with E-state index in [-0.39, 0.29) is 25.7 Å². The molecule has 110 heavy (non-hydrogen) atoms. The van der Waals surface area contributed by atoms with Gasteiger partial charge in [-0.3, -0.25) is 37.3 Å². The molecule has 0 spiro atoms. The summed E-state index contributed by atoms with van der Waals surface area (Å²) in [6, 6.07) is 0. The van der Waals surface area contributed by atoms with Gasteiger partial charge >= 0.3 is 39.5 Å². The third-order valence-corrected chi connectivity index (χ3v) is 24.1. The molecule has 0 saturated carbocycles. The molecule has 0 aromatic carbocycles. The molecule has 7 atom stereocenters. The summed E-state index contributed by atoms with van der Waals surface area (Å²) in [5.41, 5.74) is 0. The molecule has 4 unspecified atom stereocenters. The average molecular weight is 1610 g/mol.